The third-order valence-electron chi connectivity index (χ3n) is 4.55. The van der Waals surface area contributed by atoms with Gasteiger partial charge in [0.1, 0.15) is 0 Å². The number of rotatable bonds is 5. The van der Waals surface area contributed by atoms with E-state index in [1.165, 1.54) is 5.56 Å². The van der Waals surface area contributed by atoms with Gasteiger partial charge in [0.25, 0.3) is 0 Å². The van der Waals surface area contributed by atoms with Crippen molar-refractivity contribution in [3.05, 3.63) is 66.2 Å². The van der Waals surface area contributed by atoms with Gasteiger partial charge >= 0.3 is 0 Å². The minimum Gasteiger partial charge on any atom is -0.342 e. The zero-order valence-electron chi connectivity index (χ0n) is 14.6. The molecule has 1 atom stereocenters. The molecule has 0 bridgehead atoms. The van der Waals surface area contributed by atoms with E-state index in [-0.39, 0.29) is 23.0 Å². The lowest BCUT2D eigenvalue weighted by Gasteiger charge is -2.20. The van der Waals surface area contributed by atoms with Gasteiger partial charge in [-0.2, -0.15) is 11.8 Å². The maximum atomic E-state index is 12.5. The molecular weight excluding hydrogens is 366 g/mol. The number of thioether (sulfide) groups is 1. The van der Waals surface area contributed by atoms with Crippen molar-refractivity contribution in [2.75, 3.05) is 24.6 Å². The van der Waals surface area contributed by atoms with Gasteiger partial charge in [-0.05, 0) is 24.1 Å². The highest BCUT2D eigenvalue weighted by Crippen LogP contribution is 2.34. The van der Waals surface area contributed by atoms with E-state index < -0.39 is 9.84 Å². The average Bonchev–Trinajstić information content (AvgIpc) is 2.94. The molecule has 2 aromatic rings. The smallest absolute Gasteiger partial charge is 0.223 e. The Kier molecular flexibility index (Phi) is 6.38. The normalized spacial score (nSPS) is 18.3. The number of benzene rings is 2. The van der Waals surface area contributed by atoms with Crippen LogP contribution >= 0.6 is 11.8 Å². The first kappa shape index (κ1) is 19.0. The number of sulfone groups is 1. The molecule has 0 spiro atoms. The van der Waals surface area contributed by atoms with Crippen LogP contribution < -0.4 is 0 Å². The summed E-state index contributed by atoms with van der Waals surface area (Å²) in [6.45, 7) is 1.36. The SMILES string of the molecule is O=C(CCS(=O)(=O)c1ccccc1)N1CCS[C@H](c2ccccc2)CC1. The molecular formula is C20H23NO3S2. The average molecular weight is 390 g/mol. The van der Waals surface area contributed by atoms with Crippen LogP contribution in [0.1, 0.15) is 23.7 Å². The predicted molar refractivity (Wildman–Crippen MR) is 106 cm³/mol. The van der Waals surface area contributed by atoms with E-state index in [1.807, 2.05) is 34.9 Å². The van der Waals surface area contributed by atoms with Crippen LogP contribution in [0.25, 0.3) is 0 Å². The van der Waals surface area contributed by atoms with Gasteiger partial charge in [-0.3, -0.25) is 4.79 Å². The minimum atomic E-state index is -3.41. The molecule has 6 heteroatoms. The van der Waals surface area contributed by atoms with E-state index in [0.29, 0.717) is 18.3 Å². The van der Waals surface area contributed by atoms with E-state index >= 15 is 0 Å². The highest BCUT2D eigenvalue weighted by molar-refractivity contribution is 7.99. The van der Waals surface area contributed by atoms with E-state index in [1.54, 1.807) is 30.3 Å². The summed E-state index contributed by atoms with van der Waals surface area (Å²) in [6, 6.07) is 18.7. The number of carbonyl (C=O) groups is 1. The fraction of sp³-hybridized carbons (Fsp3) is 0.350. The van der Waals surface area contributed by atoms with E-state index in [2.05, 4.69) is 12.1 Å². The monoisotopic (exact) mass is 389 g/mol. The summed E-state index contributed by atoms with van der Waals surface area (Å²) in [4.78, 5) is 14.6. The molecule has 2 aromatic carbocycles. The van der Waals surface area contributed by atoms with Crippen LogP contribution in [0.5, 0.6) is 0 Å². The molecule has 1 saturated heterocycles. The Balaban J connectivity index is 1.55. The van der Waals surface area contributed by atoms with Crippen LogP contribution in [0.3, 0.4) is 0 Å². The minimum absolute atomic E-state index is 0.0396. The fourth-order valence-corrected chi connectivity index (χ4v) is 5.56. The van der Waals surface area contributed by atoms with Crippen LogP contribution in [0, 0.1) is 0 Å². The summed E-state index contributed by atoms with van der Waals surface area (Å²) in [5.41, 5.74) is 1.29. The first-order valence-corrected chi connectivity index (χ1v) is 11.5. The zero-order valence-corrected chi connectivity index (χ0v) is 16.2. The van der Waals surface area contributed by atoms with E-state index in [4.69, 9.17) is 0 Å². The van der Waals surface area contributed by atoms with Gasteiger partial charge in [0, 0.05) is 30.5 Å². The number of carbonyl (C=O) groups excluding carboxylic acids is 1. The third-order valence-corrected chi connectivity index (χ3v) is 7.61. The molecule has 138 valence electrons. The molecule has 3 rings (SSSR count). The first-order chi connectivity index (χ1) is 12.6. The highest BCUT2D eigenvalue weighted by atomic mass is 32.2. The van der Waals surface area contributed by atoms with Crippen LogP contribution in [0.2, 0.25) is 0 Å². The van der Waals surface area contributed by atoms with E-state index in [9.17, 15) is 13.2 Å². The van der Waals surface area contributed by atoms with Gasteiger partial charge < -0.3 is 4.90 Å². The van der Waals surface area contributed by atoms with Gasteiger partial charge in [0.2, 0.25) is 5.91 Å². The largest absolute Gasteiger partial charge is 0.342 e. The predicted octanol–water partition coefficient (Wildman–Crippen LogP) is 3.56. The summed E-state index contributed by atoms with van der Waals surface area (Å²) in [7, 11) is -3.41. The number of hydrogen-bond acceptors (Lipinski definition) is 4. The summed E-state index contributed by atoms with van der Waals surface area (Å²) in [5, 5.41) is 0.391. The maximum Gasteiger partial charge on any atom is 0.223 e. The molecule has 1 aliphatic heterocycles. The molecule has 1 heterocycles. The van der Waals surface area contributed by atoms with Gasteiger partial charge in [-0.25, -0.2) is 8.42 Å². The quantitative estimate of drug-likeness (QED) is 0.785. The summed E-state index contributed by atoms with van der Waals surface area (Å²) in [5.74, 6) is 0.664. The van der Waals surface area contributed by atoms with Gasteiger partial charge in [0.05, 0.1) is 10.6 Å². The van der Waals surface area contributed by atoms with E-state index in [0.717, 1.165) is 12.2 Å². The van der Waals surface area contributed by atoms with Crippen LogP contribution in [-0.4, -0.2) is 43.8 Å². The summed E-state index contributed by atoms with van der Waals surface area (Å²) >= 11 is 1.87. The Hall–Kier alpha value is -1.79. The molecule has 1 amide bonds. The standard InChI is InChI=1S/C20H23NO3S2/c22-20(12-16-26(23,24)18-9-5-2-6-10-18)21-13-11-19(25-15-14-21)17-7-3-1-4-8-17/h1-10,19H,11-16H2/t19-/m0/s1. The van der Waals surface area contributed by atoms with Crippen molar-refractivity contribution in [1.29, 1.82) is 0 Å². The number of hydrogen-bond donors (Lipinski definition) is 0. The molecule has 0 unspecified atom stereocenters. The first-order valence-electron chi connectivity index (χ1n) is 8.78. The molecule has 1 aliphatic rings. The van der Waals surface area contributed by atoms with Gasteiger partial charge in [0.15, 0.2) is 9.84 Å². The topological polar surface area (TPSA) is 54.5 Å². The Bertz CT molecular complexity index is 823. The molecule has 0 N–H and O–H groups in total. The van der Waals surface area contributed by atoms with Crippen molar-refractivity contribution in [3.63, 3.8) is 0 Å². The second-order valence-electron chi connectivity index (χ2n) is 6.32. The Morgan fingerprint density at radius 2 is 1.65 bits per heavy atom. The van der Waals surface area contributed by atoms with Gasteiger partial charge in [-0.1, -0.05) is 48.5 Å². The number of nitrogens with zero attached hydrogens (tertiary/aromatic N) is 1. The van der Waals surface area contributed by atoms with Gasteiger partial charge in [-0.15, -0.1) is 0 Å². The second kappa shape index (κ2) is 8.73. The molecule has 26 heavy (non-hydrogen) atoms. The second-order valence-corrected chi connectivity index (χ2v) is 9.74. The van der Waals surface area contributed by atoms with Crippen molar-refractivity contribution in [2.45, 2.75) is 23.0 Å². The van der Waals surface area contributed by atoms with Crippen molar-refractivity contribution >= 4 is 27.5 Å². The Morgan fingerprint density at radius 3 is 2.35 bits per heavy atom. The molecule has 4 nitrogen and oxygen atoms in total. The summed E-state index contributed by atoms with van der Waals surface area (Å²) < 4.78 is 24.7. The molecule has 0 aliphatic carbocycles. The molecule has 0 saturated carbocycles. The maximum absolute atomic E-state index is 12.5. The molecule has 0 radical (unpaired) electrons. The number of amides is 1. The lowest BCUT2D eigenvalue weighted by atomic mass is 10.1. The lowest BCUT2D eigenvalue weighted by molar-refractivity contribution is -0.130. The highest BCUT2D eigenvalue weighted by Gasteiger charge is 2.23. The van der Waals surface area contributed by atoms with Crippen molar-refractivity contribution in [1.82, 2.24) is 4.90 Å². The zero-order chi connectivity index (χ0) is 18.4. The molecule has 0 aromatic heterocycles. The van der Waals surface area contributed by atoms with Crippen LogP contribution in [0.4, 0.5) is 0 Å². The Morgan fingerprint density at radius 1 is 1.00 bits per heavy atom. The van der Waals surface area contributed by atoms with Crippen molar-refractivity contribution < 1.29 is 13.2 Å². The van der Waals surface area contributed by atoms with Crippen molar-refractivity contribution in [3.8, 4) is 0 Å². The molecule has 1 fully saturated rings. The van der Waals surface area contributed by atoms with Crippen LogP contribution in [0.15, 0.2) is 65.6 Å². The lowest BCUT2D eigenvalue weighted by Crippen LogP contribution is -2.34. The third kappa shape index (κ3) is 4.89. The Labute approximate surface area is 159 Å². The van der Waals surface area contributed by atoms with Crippen LogP contribution in [-0.2, 0) is 14.6 Å². The van der Waals surface area contributed by atoms with Crippen molar-refractivity contribution in [2.24, 2.45) is 0 Å². The fourth-order valence-electron chi connectivity index (χ4n) is 3.08. The summed E-state index contributed by atoms with van der Waals surface area (Å²) in [6.07, 6.45) is 0.934.